The van der Waals surface area contributed by atoms with E-state index in [0.29, 0.717) is 39.8 Å². The van der Waals surface area contributed by atoms with E-state index in [9.17, 15) is 14.1 Å². The summed E-state index contributed by atoms with van der Waals surface area (Å²) >= 11 is 4.84. The molecule has 1 aliphatic rings. The first kappa shape index (κ1) is 22.6. The van der Waals surface area contributed by atoms with Crippen molar-refractivity contribution in [1.29, 1.82) is 0 Å². The predicted molar refractivity (Wildman–Crippen MR) is 119 cm³/mol. The number of hydrogen-bond acceptors (Lipinski definition) is 4. The van der Waals surface area contributed by atoms with Gasteiger partial charge in [0.1, 0.15) is 0 Å². The second kappa shape index (κ2) is 9.37. The average Bonchev–Trinajstić information content (AvgIpc) is 3.06. The lowest BCUT2D eigenvalue weighted by atomic mass is 9.91. The number of hydrogen-bond donors (Lipinski definition) is 2. The number of benzene rings is 1. The molecule has 2 amide bonds. The summed E-state index contributed by atoms with van der Waals surface area (Å²) in [6.07, 6.45) is 2.39. The molecule has 0 saturated carbocycles. The van der Waals surface area contributed by atoms with Crippen LogP contribution >= 0.6 is 11.6 Å². The predicted octanol–water partition coefficient (Wildman–Crippen LogP) is 3.18. The zero-order chi connectivity index (χ0) is 22.0. The van der Waals surface area contributed by atoms with Gasteiger partial charge in [-0.05, 0) is 42.5 Å². The van der Waals surface area contributed by atoms with Crippen LogP contribution in [0.15, 0.2) is 23.2 Å². The lowest BCUT2D eigenvalue weighted by Gasteiger charge is -2.18. The molecular formula is C22H26ClN3O3S. The van der Waals surface area contributed by atoms with Crippen LogP contribution in [0.25, 0.3) is 11.3 Å². The Morgan fingerprint density at radius 1 is 1.30 bits per heavy atom. The number of aromatic nitrogens is 1. The van der Waals surface area contributed by atoms with E-state index in [2.05, 4.69) is 5.32 Å². The maximum Gasteiger partial charge on any atom is 0.271 e. The first-order chi connectivity index (χ1) is 14.3. The summed E-state index contributed by atoms with van der Waals surface area (Å²) in [6.45, 7) is 6.53. The molecule has 0 spiro atoms. The van der Waals surface area contributed by atoms with E-state index < -0.39 is 22.3 Å². The molecule has 1 aromatic heterocycles. The highest BCUT2D eigenvalue weighted by Gasteiger charge is 2.42. The molecule has 30 heavy (non-hydrogen) atoms. The standard InChI is InChI=1S/C22H26ClN3O3S/c1-4-9-25-21(28)15-10-13-11-17(20(24)27)30(29)22(13)26-19(15)18-12(5-2)7-8-16(23)14(18)6-3/h7-8,10,17H,4-6,9,11H2,1-3H3,(H2,24,27)(H,25,28). The van der Waals surface area contributed by atoms with E-state index in [-0.39, 0.29) is 12.3 Å². The molecule has 1 aliphatic heterocycles. The number of rotatable bonds is 7. The number of carbonyl (C=O) groups excluding carboxylic acids is 2. The number of pyridine rings is 1. The third-order valence-corrected chi connectivity index (χ3v) is 7.33. The first-order valence-electron chi connectivity index (χ1n) is 10.2. The van der Waals surface area contributed by atoms with Crippen LogP contribution in [0, 0.1) is 0 Å². The topological polar surface area (TPSA) is 108 Å². The van der Waals surface area contributed by atoms with Gasteiger partial charge in [0.05, 0.1) is 11.3 Å². The summed E-state index contributed by atoms with van der Waals surface area (Å²) in [5.74, 6) is -0.879. The van der Waals surface area contributed by atoms with Gasteiger partial charge in [-0.15, -0.1) is 0 Å². The number of nitrogens with zero attached hydrogens (tertiary/aromatic N) is 1. The number of nitrogens with two attached hydrogens (primary N) is 1. The Balaban J connectivity index is 2.28. The van der Waals surface area contributed by atoms with Crippen molar-refractivity contribution in [3.8, 4) is 11.3 Å². The highest BCUT2D eigenvalue weighted by molar-refractivity contribution is 7.93. The fourth-order valence-electron chi connectivity index (χ4n) is 3.78. The Hall–Kier alpha value is -2.09. The number of carbonyl (C=O) groups is 2. The molecule has 6 nitrogen and oxygen atoms in total. The fourth-order valence-corrected chi connectivity index (χ4v) is 5.46. The van der Waals surface area contributed by atoms with E-state index in [1.807, 2.05) is 32.9 Å². The van der Waals surface area contributed by atoms with Crippen molar-refractivity contribution in [2.24, 2.45) is 5.73 Å². The lowest BCUT2D eigenvalue weighted by Crippen LogP contribution is -2.33. The van der Waals surface area contributed by atoms with E-state index in [1.54, 1.807) is 6.07 Å². The van der Waals surface area contributed by atoms with Gasteiger partial charge in [-0.1, -0.05) is 38.4 Å². The number of nitrogens with one attached hydrogen (secondary N) is 1. The number of aryl methyl sites for hydroxylation is 1. The normalized spacial score (nSPS) is 17.6. The SMILES string of the molecule is CCCNC(=O)c1cc2c(nc1-c1c(CC)ccc(Cl)c1CC)[S+]([O-])C(C(N)=O)C2. The van der Waals surface area contributed by atoms with Crippen LogP contribution in [-0.4, -0.2) is 33.1 Å². The minimum absolute atomic E-state index is 0.218. The molecule has 2 aromatic rings. The van der Waals surface area contributed by atoms with Crippen molar-refractivity contribution in [1.82, 2.24) is 10.3 Å². The Morgan fingerprint density at radius 2 is 2.03 bits per heavy atom. The minimum Gasteiger partial charge on any atom is -0.610 e. The quantitative estimate of drug-likeness (QED) is 0.635. The molecule has 8 heteroatoms. The van der Waals surface area contributed by atoms with Crippen LogP contribution in [0.2, 0.25) is 5.02 Å². The molecule has 0 aliphatic carbocycles. The van der Waals surface area contributed by atoms with Crippen LogP contribution in [0.5, 0.6) is 0 Å². The average molecular weight is 448 g/mol. The first-order valence-corrected chi connectivity index (χ1v) is 11.8. The third-order valence-electron chi connectivity index (χ3n) is 5.33. The second-order valence-corrected chi connectivity index (χ2v) is 9.22. The largest absolute Gasteiger partial charge is 0.610 e. The maximum atomic E-state index is 13.0. The van der Waals surface area contributed by atoms with E-state index in [1.165, 1.54) is 0 Å². The molecule has 3 N–H and O–H groups in total. The number of primary amides is 1. The van der Waals surface area contributed by atoms with Crippen molar-refractivity contribution in [2.75, 3.05) is 6.54 Å². The minimum atomic E-state index is -1.65. The Kier molecular flexibility index (Phi) is 7.06. The number of halogens is 1. The molecule has 1 aromatic carbocycles. The van der Waals surface area contributed by atoms with E-state index in [0.717, 1.165) is 29.5 Å². The van der Waals surface area contributed by atoms with Crippen molar-refractivity contribution in [2.45, 2.75) is 56.7 Å². The van der Waals surface area contributed by atoms with Gasteiger partial charge in [0.2, 0.25) is 10.3 Å². The van der Waals surface area contributed by atoms with Crippen molar-refractivity contribution >= 4 is 34.6 Å². The Morgan fingerprint density at radius 3 is 2.63 bits per heavy atom. The van der Waals surface area contributed by atoms with Gasteiger partial charge in [0.15, 0.2) is 0 Å². The van der Waals surface area contributed by atoms with Gasteiger partial charge >= 0.3 is 0 Å². The van der Waals surface area contributed by atoms with Crippen LogP contribution in [0.1, 0.15) is 54.2 Å². The molecule has 3 rings (SSSR count). The van der Waals surface area contributed by atoms with Crippen molar-refractivity contribution in [3.63, 3.8) is 0 Å². The molecular weight excluding hydrogens is 422 g/mol. The molecule has 2 unspecified atom stereocenters. The molecule has 0 radical (unpaired) electrons. The van der Waals surface area contributed by atoms with E-state index >= 15 is 0 Å². The summed E-state index contributed by atoms with van der Waals surface area (Å²) in [6, 6.07) is 5.50. The molecule has 0 bridgehead atoms. The zero-order valence-corrected chi connectivity index (χ0v) is 19.0. The lowest BCUT2D eigenvalue weighted by molar-refractivity contribution is -0.117. The Bertz CT molecular complexity index is 996. The van der Waals surface area contributed by atoms with Gasteiger partial charge in [-0.2, -0.15) is 0 Å². The monoisotopic (exact) mass is 447 g/mol. The van der Waals surface area contributed by atoms with Gasteiger partial charge < -0.3 is 15.6 Å². The summed E-state index contributed by atoms with van der Waals surface area (Å²) < 4.78 is 12.9. The highest BCUT2D eigenvalue weighted by atomic mass is 35.5. The van der Waals surface area contributed by atoms with Gasteiger partial charge in [-0.3, -0.25) is 9.59 Å². The summed E-state index contributed by atoms with van der Waals surface area (Å²) in [7, 11) is 0. The summed E-state index contributed by atoms with van der Waals surface area (Å²) in [5.41, 5.74) is 9.61. The summed E-state index contributed by atoms with van der Waals surface area (Å²) in [4.78, 5) is 29.5. The molecule has 2 heterocycles. The molecule has 0 fully saturated rings. The maximum absolute atomic E-state index is 13.0. The molecule has 160 valence electrons. The van der Waals surface area contributed by atoms with E-state index in [4.69, 9.17) is 22.3 Å². The van der Waals surface area contributed by atoms with Crippen LogP contribution in [0.4, 0.5) is 0 Å². The highest BCUT2D eigenvalue weighted by Crippen LogP contribution is 2.38. The number of amides is 2. The van der Waals surface area contributed by atoms with Gasteiger partial charge in [0.25, 0.3) is 11.8 Å². The third kappa shape index (κ3) is 4.06. The molecule has 2 atom stereocenters. The van der Waals surface area contributed by atoms with Gasteiger partial charge in [0, 0.05) is 40.3 Å². The number of fused-ring (bicyclic) bond motifs is 1. The Labute approximate surface area is 184 Å². The van der Waals surface area contributed by atoms with Crippen molar-refractivity contribution < 1.29 is 14.1 Å². The molecule has 0 saturated heterocycles. The van der Waals surface area contributed by atoms with Gasteiger partial charge in [-0.25, -0.2) is 4.98 Å². The van der Waals surface area contributed by atoms with Crippen molar-refractivity contribution in [3.05, 3.63) is 45.5 Å². The fraction of sp³-hybridized carbons (Fsp3) is 0.409. The van der Waals surface area contributed by atoms with Crippen LogP contribution < -0.4 is 11.1 Å². The smallest absolute Gasteiger partial charge is 0.271 e. The zero-order valence-electron chi connectivity index (χ0n) is 17.4. The van der Waals surface area contributed by atoms with Crippen LogP contribution in [0.3, 0.4) is 0 Å². The second-order valence-electron chi connectivity index (χ2n) is 7.26. The summed E-state index contributed by atoms with van der Waals surface area (Å²) in [5, 5.41) is 3.00. The van der Waals surface area contributed by atoms with Crippen LogP contribution in [-0.2, 0) is 35.2 Å².